The molecule has 0 spiro atoms. The predicted molar refractivity (Wildman–Crippen MR) is 93.6 cm³/mol. The second-order valence-electron chi connectivity index (χ2n) is 6.58. The van der Waals surface area contributed by atoms with Crippen LogP contribution in [0.5, 0.6) is 0 Å². The molecule has 120 valence electrons. The Morgan fingerprint density at radius 2 is 1.91 bits per heavy atom. The fourth-order valence-electron chi connectivity index (χ4n) is 2.59. The number of hydrogen-bond acceptors (Lipinski definition) is 2. The van der Waals surface area contributed by atoms with Crippen molar-refractivity contribution in [2.24, 2.45) is 5.41 Å². The Morgan fingerprint density at radius 1 is 1.23 bits per heavy atom. The molecule has 2 nitrogen and oxygen atoms in total. The van der Waals surface area contributed by atoms with Crippen molar-refractivity contribution in [2.45, 2.75) is 47.5 Å². The highest BCUT2D eigenvalue weighted by atomic mass is 16.2. The number of aliphatic hydroxyl groups excluding tert-OH is 1. The highest BCUT2D eigenvalue weighted by Crippen LogP contribution is 2.39. The lowest BCUT2D eigenvalue weighted by molar-refractivity contribution is -0.116. The molecule has 0 bridgehead atoms. The van der Waals surface area contributed by atoms with Gasteiger partial charge in [0, 0.05) is 6.42 Å². The highest BCUT2D eigenvalue weighted by Gasteiger charge is 2.30. The number of Topliss-reactive ketones (excluding diaryl/α,β-unsaturated/α-hetero) is 1. The molecule has 2 heteroatoms. The van der Waals surface area contributed by atoms with Crippen LogP contribution in [0.4, 0.5) is 0 Å². The summed E-state index contributed by atoms with van der Waals surface area (Å²) in [6.45, 7) is 10.4. The number of rotatable bonds is 5. The summed E-state index contributed by atoms with van der Waals surface area (Å²) in [5.74, 6) is 0.269. The first kappa shape index (κ1) is 18.4. The summed E-state index contributed by atoms with van der Waals surface area (Å²) in [6.07, 6.45) is 13.4. The average molecular weight is 300 g/mol. The van der Waals surface area contributed by atoms with Crippen molar-refractivity contribution < 1.29 is 9.90 Å². The Labute approximate surface area is 134 Å². The van der Waals surface area contributed by atoms with Gasteiger partial charge in [-0.3, -0.25) is 4.79 Å². The van der Waals surface area contributed by atoms with Crippen LogP contribution in [0.25, 0.3) is 0 Å². The average Bonchev–Trinajstić information content (AvgIpc) is 2.43. The van der Waals surface area contributed by atoms with Gasteiger partial charge in [-0.25, -0.2) is 0 Å². The largest absolute Gasteiger partial charge is 0.392 e. The zero-order chi connectivity index (χ0) is 16.8. The predicted octanol–water partition coefficient (Wildman–Crippen LogP) is 4.69. The van der Waals surface area contributed by atoms with Gasteiger partial charge in [0.25, 0.3) is 0 Å². The van der Waals surface area contributed by atoms with Crippen LogP contribution in [-0.4, -0.2) is 17.5 Å². The molecule has 0 saturated carbocycles. The molecule has 0 aliphatic heterocycles. The summed E-state index contributed by atoms with van der Waals surface area (Å²) in [5.41, 5.74) is 4.27. The standard InChI is InChI=1S/C20H28O2/c1-15(7-6-8-16(2)12-14-21)9-10-18-17(3)19(22)11-13-20(18,4)5/h6-10,12,21H,11,13-14H2,1-5H3/b8-6?,10-9?,15-7?,16-12+. The van der Waals surface area contributed by atoms with E-state index in [-0.39, 0.29) is 17.8 Å². The Hall–Kier alpha value is -1.67. The first-order chi connectivity index (χ1) is 10.3. The summed E-state index contributed by atoms with van der Waals surface area (Å²) < 4.78 is 0. The van der Waals surface area contributed by atoms with E-state index in [0.29, 0.717) is 6.42 Å². The van der Waals surface area contributed by atoms with E-state index in [2.05, 4.69) is 26.0 Å². The fraction of sp³-hybridized carbons (Fsp3) is 0.450. The molecule has 0 aromatic rings. The first-order valence-electron chi connectivity index (χ1n) is 7.83. The third kappa shape index (κ3) is 5.27. The molecule has 1 aliphatic carbocycles. The number of allylic oxidation sites excluding steroid dienone is 9. The molecule has 0 amide bonds. The van der Waals surface area contributed by atoms with Crippen LogP contribution in [0.15, 0.2) is 58.7 Å². The van der Waals surface area contributed by atoms with Gasteiger partial charge in [-0.05, 0) is 43.8 Å². The molecule has 1 rings (SSSR count). The second kappa shape index (κ2) is 8.09. The van der Waals surface area contributed by atoms with Crippen molar-refractivity contribution >= 4 is 5.78 Å². The first-order valence-corrected chi connectivity index (χ1v) is 7.83. The van der Waals surface area contributed by atoms with E-state index >= 15 is 0 Å². The van der Waals surface area contributed by atoms with Gasteiger partial charge in [0.1, 0.15) is 0 Å². The maximum absolute atomic E-state index is 11.9. The van der Waals surface area contributed by atoms with Crippen LogP contribution in [0, 0.1) is 5.41 Å². The minimum atomic E-state index is 0.0606. The van der Waals surface area contributed by atoms with Gasteiger partial charge in [0.2, 0.25) is 0 Å². The van der Waals surface area contributed by atoms with Crippen molar-refractivity contribution in [3.05, 3.63) is 58.7 Å². The SMILES string of the molecule is CC(C=CC1=C(C)C(=O)CCC1(C)C)=CC=C/C(C)=C/CO. The lowest BCUT2D eigenvalue weighted by atomic mass is 9.72. The monoisotopic (exact) mass is 300 g/mol. The third-order valence-electron chi connectivity index (χ3n) is 4.17. The summed E-state index contributed by atoms with van der Waals surface area (Å²) in [6, 6.07) is 0. The van der Waals surface area contributed by atoms with E-state index < -0.39 is 0 Å². The maximum Gasteiger partial charge on any atom is 0.158 e. The van der Waals surface area contributed by atoms with Crippen molar-refractivity contribution in [3.63, 3.8) is 0 Å². The van der Waals surface area contributed by atoms with Gasteiger partial charge in [-0.2, -0.15) is 0 Å². The number of aliphatic hydroxyl groups is 1. The molecule has 0 heterocycles. The molecule has 22 heavy (non-hydrogen) atoms. The van der Waals surface area contributed by atoms with Crippen LogP contribution >= 0.6 is 0 Å². The number of carbonyl (C=O) groups is 1. The normalized spacial score (nSPS) is 20.5. The van der Waals surface area contributed by atoms with E-state index in [0.717, 1.165) is 28.7 Å². The van der Waals surface area contributed by atoms with E-state index in [1.807, 2.05) is 39.0 Å². The summed E-state index contributed by atoms with van der Waals surface area (Å²) in [4.78, 5) is 11.9. The van der Waals surface area contributed by atoms with Crippen LogP contribution in [0.1, 0.15) is 47.5 Å². The van der Waals surface area contributed by atoms with Crippen molar-refractivity contribution in [1.29, 1.82) is 0 Å². The van der Waals surface area contributed by atoms with Crippen molar-refractivity contribution in [2.75, 3.05) is 6.61 Å². The molecule has 0 atom stereocenters. The lowest BCUT2D eigenvalue weighted by Crippen LogP contribution is -2.24. The molecule has 0 saturated heterocycles. The number of hydrogen-bond donors (Lipinski definition) is 1. The molecule has 0 aromatic carbocycles. The summed E-state index contributed by atoms with van der Waals surface area (Å²) in [7, 11) is 0. The van der Waals surface area contributed by atoms with Gasteiger partial charge >= 0.3 is 0 Å². The van der Waals surface area contributed by atoms with Crippen molar-refractivity contribution in [1.82, 2.24) is 0 Å². The Morgan fingerprint density at radius 3 is 2.55 bits per heavy atom. The Bertz CT molecular complexity index is 567. The van der Waals surface area contributed by atoms with E-state index in [9.17, 15) is 4.79 Å². The molecular formula is C20H28O2. The fourth-order valence-corrected chi connectivity index (χ4v) is 2.59. The minimum Gasteiger partial charge on any atom is -0.392 e. The highest BCUT2D eigenvalue weighted by molar-refractivity contribution is 5.97. The second-order valence-corrected chi connectivity index (χ2v) is 6.58. The smallest absolute Gasteiger partial charge is 0.158 e. The van der Waals surface area contributed by atoms with Crippen LogP contribution in [0.2, 0.25) is 0 Å². The molecule has 0 aromatic heterocycles. The lowest BCUT2D eigenvalue weighted by Gasteiger charge is -2.32. The zero-order valence-corrected chi connectivity index (χ0v) is 14.4. The zero-order valence-electron chi connectivity index (χ0n) is 14.4. The third-order valence-corrected chi connectivity index (χ3v) is 4.17. The number of carbonyl (C=O) groups excluding carboxylic acids is 1. The van der Waals surface area contributed by atoms with Crippen LogP contribution in [-0.2, 0) is 4.79 Å². The quantitative estimate of drug-likeness (QED) is 0.748. The molecule has 0 unspecified atom stereocenters. The molecule has 1 N–H and O–H groups in total. The van der Waals surface area contributed by atoms with Gasteiger partial charge < -0.3 is 5.11 Å². The van der Waals surface area contributed by atoms with E-state index in [4.69, 9.17) is 5.11 Å². The molecular weight excluding hydrogens is 272 g/mol. The number of ketones is 1. The van der Waals surface area contributed by atoms with Crippen molar-refractivity contribution in [3.8, 4) is 0 Å². The molecule has 0 radical (unpaired) electrons. The van der Waals surface area contributed by atoms with Crippen LogP contribution in [0.3, 0.4) is 0 Å². The van der Waals surface area contributed by atoms with E-state index in [1.54, 1.807) is 6.08 Å². The Balaban J connectivity index is 2.88. The molecule has 1 aliphatic rings. The maximum atomic E-state index is 11.9. The minimum absolute atomic E-state index is 0.0606. The summed E-state index contributed by atoms with van der Waals surface area (Å²) >= 11 is 0. The van der Waals surface area contributed by atoms with Gasteiger partial charge in [0.15, 0.2) is 5.78 Å². The Kier molecular flexibility index (Phi) is 6.76. The topological polar surface area (TPSA) is 37.3 Å². The molecule has 0 fully saturated rings. The van der Waals surface area contributed by atoms with E-state index in [1.165, 1.54) is 0 Å². The van der Waals surface area contributed by atoms with Gasteiger partial charge in [-0.1, -0.05) is 61.4 Å². The van der Waals surface area contributed by atoms with Crippen LogP contribution < -0.4 is 0 Å². The van der Waals surface area contributed by atoms with Gasteiger partial charge in [0.05, 0.1) is 6.61 Å². The van der Waals surface area contributed by atoms with Gasteiger partial charge in [-0.15, -0.1) is 0 Å². The summed E-state index contributed by atoms with van der Waals surface area (Å²) in [5, 5.41) is 8.80.